The number of rotatable bonds is 2. The first-order valence-corrected chi connectivity index (χ1v) is 10.2. The van der Waals surface area contributed by atoms with Gasteiger partial charge in [0.15, 0.2) is 11.5 Å². The number of primary amides is 1. The first-order valence-electron chi connectivity index (χ1n) is 10.2. The fourth-order valence-electron chi connectivity index (χ4n) is 5.31. The molecule has 4 aliphatic heterocycles. The van der Waals surface area contributed by atoms with Gasteiger partial charge < -0.3 is 20.1 Å². The van der Waals surface area contributed by atoms with Crippen molar-refractivity contribution in [3.63, 3.8) is 0 Å². The number of nitrogens with two attached hydrogens (primary N) is 1. The van der Waals surface area contributed by atoms with E-state index in [1.165, 1.54) is 4.90 Å². The minimum atomic E-state index is -0.890. The van der Waals surface area contributed by atoms with Crippen LogP contribution >= 0.6 is 0 Å². The first kappa shape index (κ1) is 18.0. The second-order valence-electron chi connectivity index (χ2n) is 8.08. The highest BCUT2D eigenvalue weighted by Gasteiger charge is 2.64. The van der Waals surface area contributed by atoms with Crippen LogP contribution in [-0.4, -0.2) is 41.9 Å². The molecule has 4 heterocycles. The summed E-state index contributed by atoms with van der Waals surface area (Å²) in [6.45, 7) is 0.844. The Kier molecular flexibility index (Phi) is 3.68. The lowest BCUT2D eigenvalue weighted by molar-refractivity contribution is -0.129. The maximum absolute atomic E-state index is 13.6. The topological polar surface area (TPSA) is 102 Å². The summed E-state index contributed by atoms with van der Waals surface area (Å²) in [7, 11) is 0. The number of hydrogen-bond donors (Lipinski definition) is 1. The number of anilines is 1. The zero-order valence-corrected chi connectivity index (χ0v) is 16.4. The molecular weight excluding hydrogens is 398 g/mol. The van der Waals surface area contributed by atoms with Crippen LogP contribution in [0.4, 0.5) is 5.69 Å². The predicted molar refractivity (Wildman–Crippen MR) is 110 cm³/mol. The number of nitrogens with zero attached hydrogens (tertiary/aromatic N) is 2. The standard InChI is InChI=1S/C23H19N3O5/c24-21(27)20-18-17(19-14-4-2-1-3-12(14)7-8-25(19)20)22(28)26(23(18)29)13-5-6-15-16(11-13)31-10-9-30-15/h1-8,11,17-20H,9-10H2,(H2,24,27)/t17-,18-,19-,20+/m1/s1. The molecule has 6 rings (SSSR count). The van der Waals surface area contributed by atoms with E-state index in [1.807, 2.05) is 30.3 Å². The molecule has 156 valence electrons. The molecule has 0 aliphatic carbocycles. The zero-order chi connectivity index (χ0) is 21.3. The maximum atomic E-state index is 13.6. The van der Waals surface area contributed by atoms with Crippen LogP contribution in [0.2, 0.25) is 0 Å². The number of hydrogen-bond acceptors (Lipinski definition) is 6. The molecule has 2 fully saturated rings. The van der Waals surface area contributed by atoms with E-state index in [1.54, 1.807) is 29.3 Å². The molecule has 8 heteroatoms. The second kappa shape index (κ2) is 6.34. The Balaban J connectivity index is 1.46. The molecule has 0 saturated carbocycles. The van der Waals surface area contributed by atoms with Crippen LogP contribution in [0.3, 0.4) is 0 Å². The van der Waals surface area contributed by atoms with E-state index in [-0.39, 0.29) is 5.91 Å². The third kappa shape index (κ3) is 2.38. The smallest absolute Gasteiger partial charge is 0.240 e. The average molecular weight is 417 g/mol. The van der Waals surface area contributed by atoms with Gasteiger partial charge in [-0.05, 0) is 29.3 Å². The predicted octanol–water partition coefficient (Wildman–Crippen LogP) is 1.46. The summed E-state index contributed by atoms with van der Waals surface area (Å²) >= 11 is 0. The lowest BCUT2D eigenvalue weighted by atomic mass is 9.84. The Morgan fingerprint density at radius 1 is 0.968 bits per heavy atom. The average Bonchev–Trinajstić information content (AvgIpc) is 3.26. The molecule has 2 saturated heterocycles. The summed E-state index contributed by atoms with van der Waals surface area (Å²) in [5.41, 5.74) is 8.01. The van der Waals surface area contributed by atoms with E-state index in [2.05, 4.69) is 0 Å². The Labute approximate surface area is 177 Å². The van der Waals surface area contributed by atoms with Gasteiger partial charge in [-0.15, -0.1) is 0 Å². The molecular formula is C23H19N3O5. The molecule has 4 atom stereocenters. The van der Waals surface area contributed by atoms with Crippen molar-refractivity contribution in [2.24, 2.45) is 17.6 Å². The highest BCUT2D eigenvalue weighted by atomic mass is 16.6. The maximum Gasteiger partial charge on any atom is 0.240 e. The molecule has 3 amide bonds. The van der Waals surface area contributed by atoms with E-state index in [0.29, 0.717) is 30.4 Å². The molecule has 0 bridgehead atoms. The van der Waals surface area contributed by atoms with Crippen molar-refractivity contribution in [2.45, 2.75) is 12.1 Å². The van der Waals surface area contributed by atoms with Crippen LogP contribution in [0, 0.1) is 11.8 Å². The third-order valence-electron chi connectivity index (χ3n) is 6.54. The largest absolute Gasteiger partial charge is 0.486 e. The third-order valence-corrected chi connectivity index (χ3v) is 6.54. The van der Waals surface area contributed by atoms with Gasteiger partial charge in [-0.25, -0.2) is 4.90 Å². The molecule has 2 aromatic carbocycles. The number of ether oxygens (including phenoxy) is 2. The highest BCUT2D eigenvalue weighted by molar-refractivity contribution is 6.24. The van der Waals surface area contributed by atoms with Gasteiger partial charge in [0.2, 0.25) is 17.7 Å². The molecule has 2 N–H and O–H groups in total. The first-order chi connectivity index (χ1) is 15.1. The molecule has 4 aliphatic rings. The fourth-order valence-corrected chi connectivity index (χ4v) is 5.31. The fraction of sp³-hybridized carbons (Fsp3) is 0.261. The Morgan fingerprint density at radius 2 is 1.71 bits per heavy atom. The van der Waals surface area contributed by atoms with Crippen LogP contribution in [0.25, 0.3) is 6.08 Å². The van der Waals surface area contributed by atoms with Gasteiger partial charge in [-0.1, -0.05) is 24.3 Å². The van der Waals surface area contributed by atoms with Gasteiger partial charge in [0.25, 0.3) is 0 Å². The molecule has 0 aromatic heterocycles. The lowest BCUT2D eigenvalue weighted by Crippen LogP contribution is -2.46. The van der Waals surface area contributed by atoms with E-state index in [4.69, 9.17) is 15.2 Å². The van der Waals surface area contributed by atoms with Crippen molar-refractivity contribution in [1.82, 2.24) is 4.90 Å². The number of amides is 3. The molecule has 31 heavy (non-hydrogen) atoms. The van der Waals surface area contributed by atoms with Gasteiger partial charge in [-0.3, -0.25) is 14.4 Å². The summed E-state index contributed by atoms with van der Waals surface area (Å²) in [5, 5.41) is 0. The van der Waals surface area contributed by atoms with Crippen molar-refractivity contribution in [3.8, 4) is 11.5 Å². The van der Waals surface area contributed by atoms with Crippen molar-refractivity contribution in [1.29, 1.82) is 0 Å². The number of imide groups is 1. The molecule has 8 nitrogen and oxygen atoms in total. The quantitative estimate of drug-likeness (QED) is 0.743. The van der Waals surface area contributed by atoms with Crippen LogP contribution < -0.4 is 20.1 Å². The van der Waals surface area contributed by atoms with Crippen LogP contribution in [0.5, 0.6) is 11.5 Å². The Hall–Kier alpha value is -3.81. The highest BCUT2D eigenvalue weighted by Crippen LogP contribution is 2.53. The molecule has 2 aromatic rings. The molecule has 0 radical (unpaired) electrons. The summed E-state index contributed by atoms with van der Waals surface area (Å²) in [6.07, 6.45) is 3.66. The van der Waals surface area contributed by atoms with Crippen molar-refractivity contribution < 1.29 is 23.9 Å². The van der Waals surface area contributed by atoms with E-state index in [0.717, 1.165) is 11.1 Å². The molecule has 0 spiro atoms. The molecule has 0 unspecified atom stereocenters. The van der Waals surface area contributed by atoms with Gasteiger partial charge in [0.05, 0.1) is 23.6 Å². The summed E-state index contributed by atoms with van der Waals surface area (Å²) in [4.78, 5) is 42.5. The second-order valence-corrected chi connectivity index (χ2v) is 8.08. The Bertz CT molecular complexity index is 1180. The number of carbonyl (C=O) groups is 3. The van der Waals surface area contributed by atoms with Gasteiger partial charge in [0.1, 0.15) is 19.3 Å². The van der Waals surface area contributed by atoms with Crippen molar-refractivity contribution in [2.75, 3.05) is 18.1 Å². The van der Waals surface area contributed by atoms with Crippen molar-refractivity contribution in [3.05, 3.63) is 59.8 Å². The van der Waals surface area contributed by atoms with Crippen LogP contribution in [0.15, 0.2) is 48.7 Å². The zero-order valence-electron chi connectivity index (χ0n) is 16.4. The minimum Gasteiger partial charge on any atom is -0.486 e. The number of benzene rings is 2. The SMILES string of the molecule is NC(=O)[C@@H]1[C@@H]2C(=O)N(c3ccc4c(c3)OCCO4)C(=O)[C@H]2[C@H]2c3ccccc3C=CN12. The van der Waals surface area contributed by atoms with Crippen molar-refractivity contribution >= 4 is 29.5 Å². The number of carbonyl (C=O) groups excluding carboxylic acids is 3. The van der Waals surface area contributed by atoms with E-state index < -0.39 is 35.7 Å². The normalized spacial score (nSPS) is 27.7. The lowest BCUT2D eigenvalue weighted by Gasteiger charge is -2.34. The number of fused-ring (bicyclic) bond motifs is 6. The summed E-state index contributed by atoms with van der Waals surface area (Å²) in [5.74, 6) is -1.87. The minimum absolute atomic E-state index is 0.337. The van der Waals surface area contributed by atoms with Crippen LogP contribution in [-0.2, 0) is 14.4 Å². The summed E-state index contributed by atoms with van der Waals surface area (Å²) in [6, 6.07) is 11.4. The monoisotopic (exact) mass is 417 g/mol. The Morgan fingerprint density at radius 3 is 2.52 bits per heavy atom. The van der Waals surface area contributed by atoms with Crippen LogP contribution in [0.1, 0.15) is 17.2 Å². The van der Waals surface area contributed by atoms with E-state index >= 15 is 0 Å². The van der Waals surface area contributed by atoms with Gasteiger partial charge >= 0.3 is 0 Å². The van der Waals surface area contributed by atoms with Gasteiger partial charge in [0, 0.05) is 12.3 Å². The van der Waals surface area contributed by atoms with E-state index in [9.17, 15) is 14.4 Å². The van der Waals surface area contributed by atoms with Gasteiger partial charge in [-0.2, -0.15) is 0 Å². The summed E-state index contributed by atoms with van der Waals surface area (Å²) < 4.78 is 11.2.